The number of hydrogen-bond donors (Lipinski definition) is 1. The smallest absolute Gasteiger partial charge is 0.270 e. The van der Waals surface area contributed by atoms with Crippen molar-refractivity contribution in [2.75, 3.05) is 11.4 Å². The number of hydrogen-bond acceptors (Lipinski definition) is 3. The van der Waals surface area contributed by atoms with Gasteiger partial charge in [-0.2, -0.15) is 0 Å². The highest BCUT2D eigenvalue weighted by Gasteiger charge is 2.10. The molecule has 0 radical (unpaired) electrons. The molecule has 5 heteroatoms. The molecule has 1 heterocycles. The van der Waals surface area contributed by atoms with Crippen LogP contribution in [-0.2, 0) is 6.54 Å². The molecule has 0 fully saturated rings. The molecule has 2 aromatic carbocycles. The van der Waals surface area contributed by atoms with E-state index in [1.54, 1.807) is 24.4 Å². The van der Waals surface area contributed by atoms with E-state index in [0.29, 0.717) is 12.2 Å². The minimum Gasteiger partial charge on any atom is -0.347 e. The lowest BCUT2D eigenvalue weighted by molar-refractivity contribution is 0.0946. The fourth-order valence-corrected chi connectivity index (χ4v) is 2.68. The van der Waals surface area contributed by atoms with Gasteiger partial charge in [0.05, 0.1) is 11.9 Å². The number of nitrogens with zero attached hydrogens (tertiary/aromatic N) is 2. The molecule has 1 N–H and O–H groups in total. The molecule has 0 atom stereocenters. The Morgan fingerprint density at radius 1 is 1.00 bits per heavy atom. The van der Waals surface area contributed by atoms with Crippen LogP contribution in [0.3, 0.4) is 0 Å². The molecule has 3 aromatic rings. The number of pyridine rings is 1. The lowest BCUT2D eigenvalue weighted by Gasteiger charge is -2.22. The molecule has 1 aromatic heterocycles. The van der Waals surface area contributed by atoms with Gasteiger partial charge in [-0.3, -0.25) is 4.79 Å². The predicted molar refractivity (Wildman–Crippen MR) is 101 cm³/mol. The Labute approximate surface area is 152 Å². The molecular weight excluding hydrogens is 329 g/mol. The number of rotatable bonds is 6. The molecule has 0 saturated carbocycles. The Morgan fingerprint density at radius 2 is 1.73 bits per heavy atom. The molecule has 4 nitrogen and oxygen atoms in total. The predicted octanol–water partition coefficient (Wildman–Crippen LogP) is 4.31. The van der Waals surface area contributed by atoms with Gasteiger partial charge in [-0.1, -0.05) is 30.3 Å². The second kappa shape index (κ2) is 8.25. The number of amides is 1. The van der Waals surface area contributed by atoms with Crippen molar-refractivity contribution in [3.8, 4) is 0 Å². The fourth-order valence-electron chi connectivity index (χ4n) is 2.68. The minimum atomic E-state index is -0.295. The van der Waals surface area contributed by atoms with Crippen LogP contribution < -0.4 is 10.2 Å². The monoisotopic (exact) mass is 349 g/mol. The minimum absolute atomic E-state index is 0.261. The summed E-state index contributed by atoms with van der Waals surface area (Å²) in [6, 6.07) is 19.7. The van der Waals surface area contributed by atoms with Crippen molar-refractivity contribution in [1.29, 1.82) is 0 Å². The van der Waals surface area contributed by atoms with Gasteiger partial charge in [0.25, 0.3) is 5.91 Å². The Balaban J connectivity index is 1.66. The summed E-state index contributed by atoms with van der Waals surface area (Å²) in [6.07, 6.45) is 1.70. The van der Waals surface area contributed by atoms with E-state index in [1.807, 2.05) is 36.4 Å². The number of carbonyl (C=O) groups excluding carboxylic acids is 1. The number of para-hydroxylation sites is 1. The summed E-state index contributed by atoms with van der Waals surface area (Å²) >= 11 is 0. The zero-order chi connectivity index (χ0) is 18.4. The average molecular weight is 349 g/mol. The highest BCUT2D eigenvalue weighted by molar-refractivity contribution is 5.92. The van der Waals surface area contributed by atoms with Crippen LogP contribution in [0, 0.1) is 5.82 Å². The van der Waals surface area contributed by atoms with Crippen molar-refractivity contribution in [3.63, 3.8) is 0 Å². The maximum absolute atomic E-state index is 12.9. The van der Waals surface area contributed by atoms with E-state index in [1.165, 1.54) is 12.1 Å². The summed E-state index contributed by atoms with van der Waals surface area (Å²) in [6.45, 7) is 3.19. The third-order valence-electron chi connectivity index (χ3n) is 4.04. The first kappa shape index (κ1) is 17.6. The van der Waals surface area contributed by atoms with Gasteiger partial charge in [-0.05, 0) is 48.9 Å². The second-order valence-corrected chi connectivity index (χ2v) is 5.79. The van der Waals surface area contributed by atoms with Gasteiger partial charge < -0.3 is 10.2 Å². The van der Waals surface area contributed by atoms with Gasteiger partial charge in [0.15, 0.2) is 0 Å². The molecule has 0 aliphatic rings. The lowest BCUT2D eigenvalue weighted by atomic mass is 10.2. The Hall–Kier alpha value is -3.21. The van der Waals surface area contributed by atoms with Crippen molar-refractivity contribution in [1.82, 2.24) is 10.3 Å². The normalized spacial score (nSPS) is 10.4. The summed E-state index contributed by atoms with van der Waals surface area (Å²) in [4.78, 5) is 18.6. The topological polar surface area (TPSA) is 45.2 Å². The van der Waals surface area contributed by atoms with Gasteiger partial charge in [0, 0.05) is 18.8 Å². The summed E-state index contributed by atoms with van der Waals surface area (Å²) in [5, 5.41) is 2.79. The quantitative estimate of drug-likeness (QED) is 0.721. The van der Waals surface area contributed by atoms with E-state index >= 15 is 0 Å². The zero-order valence-corrected chi connectivity index (χ0v) is 14.5. The van der Waals surface area contributed by atoms with Crippen molar-refractivity contribution < 1.29 is 9.18 Å². The summed E-state index contributed by atoms with van der Waals surface area (Å²) in [5.41, 5.74) is 3.18. The van der Waals surface area contributed by atoms with Gasteiger partial charge >= 0.3 is 0 Å². The first-order valence-corrected chi connectivity index (χ1v) is 8.48. The SMILES string of the molecule is CCN(c1ccccc1)c1ccc(C(=O)NCc2ccc(F)cc2)nc1. The number of aromatic nitrogens is 1. The molecule has 0 aliphatic heterocycles. The van der Waals surface area contributed by atoms with E-state index in [-0.39, 0.29) is 11.7 Å². The van der Waals surface area contributed by atoms with Crippen molar-refractivity contribution in [2.24, 2.45) is 0 Å². The molecule has 0 unspecified atom stereocenters. The Bertz CT molecular complexity index is 849. The Kier molecular flexibility index (Phi) is 5.59. The molecule has 0 bridgehead atoms. The third-order valence-corrected chi connectivity index (χ3v) is 4.04. The van der Waals surface area contributed by atoms with Gasteiger partial charge in [0.2, 0.25) is 0 Å². The molecule has 26 heavy (non-hydrogen) atoms. The second-order valence-electron chi connectivity index (χ2n) is 5.79. The highest BCUT2D eigenvalue weighted by Crippen LogP contribution is 2.24. The maximum Gasteiger partial charge on any atom is 0.270 e. The van der Waals surface area contributed by atoms with E-state index in [0.717, 1.165) is 23.5 Å². The van der Waals surface area contributed by atoms with Crippen molar-refractivity contribution >= 4 is 17.3 Å². The molecular formula is C21H20FN3O. The third kappa shape index (κ3) is 4.25. The molecule has 0 saturated heterocycles. The van der Waals surface area contributed by atoms with E-state index in [9.17, 15) is 9.18 Å². The van der Waals surface area contributed by atoms with Crippen LogP contribution in [0.15, 0.2) is 72.9 Å². The zero-order valence-electron chi connectivity index (χ0n) is 14.5. The summed E-state index contributed by atoms with van der Waals surface area (Å²) in [5.74, 6) is -0.556. The Morgan fingerprint density at radius 3 is 2.35 bits per heavy atom. The van der Waals surface area contributed by atoms with E-state index in [2.05, 4.69) is 22.1 Å². The van der Waals surface area contributed by atoms with Gasteiger partial charge in [-0.15, -0.1) is 0 Å². The van der Waals surface area contributed by atoms with Crippen LogP contribution in [-0.4, -0.2) is 17.4 Å². The fraction of sp³-hybridized carbons (Fsp3) is 0.143. The number of halogens is 1. The summed E-state index contributed by atoms with van der Waals surface area (Å²) < 4.78 is 12.9. The molecule has 0 aliphatic carbocycles. The number of benzene rings is 2. The largest absolute Gasteiger partial charge is 0.347 e. The standard InChI is InChI=1S/C21H20FN3O/c1-2-25(18-6-4-3-5-7-18)19-12-13-20(23-15-19)21(26)24-14-16-8-10-17(22)11-9-16/h3-13,15H,2,14H2,1H3,(H,24,26). The maximum atomic E-state index is 12.9. The van der Waals surface area contributed by atoms with Crippen LogP contribution in [0.1, 0.15) is 23.0 Å². The number of carbonyl (C=O) groups is 1. The lowest BCUT2D eigenvalue weighted by Crippen LogP contribution is -2.24. The summed E-state index contributed by atoms with van der Waals surface area (Å²) in [7, 11) is 0. The van der Waals surface area contributed by atoms with E-state index in [4.69, 9.17) is 0 Å². The molecule has 1 amide bonds. The molecule has 0 spiro atoms. The number of anilines is 2. The van der Waals surface area contributed by atoms with Crippen LogP contribution in [0.25, 0.3) is 0 Å². The van der Waals surface area contributed by atoms with E-state index < -0.39 is 0 Å². The average Bonchev–Trinajstić information content (AvgIpc) is 2.69. The first-order valence-electron chi connectivity index (χ1n) is 8.48. The van der Waals surface area contributed by atoms with Crippen LogP contribution in [0.4, 0.5) is 15.8 Å². The molecule has 132 valence electrons. The number of nitrogens with one attached hydrogen (secondary N) is 1. The highest BCUT2D eigenvalue weighted by atomic mass is 19.1. The van der Waals surface area contributed by atoms with Crippen LogP contribution in [0.5, 0.6) is 0 Å². The van der Waals surface area contributed by atoms with Crippen molar-refractivity contribution in [3.05, 3.63) is 90.0 Å². The van der Waals surface area contributed by atoms with Gasteiger partial charge in [0.1, 0.15) is 11.5 Å². The first-order chi connectivity index (χ1) is 12.7. The van der Waals surface area contributed by atoms with Gasteiger partial charge in [-0.25, -0.2) is 9.37 Å². The van der Waals surface area contributed by atoms with Crippen LogP contribution in [0.2, 0.25) is 0 Å². The van der Waals surface area contributed by atoms with Crippen LogP contribution >= 0.6 is 0 Å². The van der Waals surface area contributed by atoms with Crippen molar-refractivity contribution in [2.45, 2.75) is 13.5 Å². The molecule has 3 rings (SSSR count).